The third-order valence-electron chi connectivity index (χ3n) is 15.4. The minimum Gasteiger partial charge on any atom is -0.385 e. The Balaban J connectivity index is 0.000000178. The first-order valence-corrected chi connectivity index (χ1v) is 33.7. The highest BCUT2D eigenvalue weighted by molar-refractivity contribution is 8.00. The number of hydrogen-bond donors (Lipinski definition) is 3. The molecule has 91 heavy (non-hydrogen) atoms. The number of para-hydroxylation sites is 4. The van der Waals surface area contributed by atoms with Crippen LogP contribution in [0.1, 0.15) is 131 Å². The highest BCUT2D eigenvalue weighted by atomic mass is 35.5. The van der Waals surface area contributed by atoms with E-state index >= 15 is 0 Å². The molecule has 16 heteroatoms. The summed E-state index contributed by atoms with van der Waals surface area (Å²) < 4.78 is 37.9. The van der Waals surface area contributed by atoms with Crippen molar-refractivity contribution in [1.82, 2.24) is 0 Å². The average Bonchev–Trinajstić information content (AvgIpc) is 1.11. The largest absolute Gasteiger partial charge is 0.385 e. The van der Waals surface area contributed by atoms with Crippen LogP contribution in [0.25, 0.3) is 0 Å². The topological polar surface area (TPSA) is 148 Å². The van der Waals surface area contributed by atoms with Crippen molar-refractivity contribution in [2.75, 3.05) is 56.1 Å². The number of carbonyl (C=O) groups excluding carboxylic acids is 3. The molecule has 3 aliphatic rings. The van der Waals surface area contributed by atoms with Gasteiger partial charge in [0.2, 0.25) is 0 Å². The zero-order chi connectivity index (χ0) is 65.5. The smallest absolute Gasteiger partial charge is 0.264 e. The molecule has 9 aromatic rings. The van der Waals surface area contributed by atoms with Crippen LogP contribution in [0.5, 0.6) is 0 Å². The second-order valence-corrected chi connectivity index (χ2v) is 25.7. The maximum absolute atomic E-state index is 13.2. The van der Waals surface area contributed by atoms with Crippen molar-refractivity contribution in [3.05, 3.63) is 273 Å². The Bertz CT molecular complexity index is 3900. The molecule has 3 aliphatic heterocycles. The van der Waals surface area contributed by atoms with Crippen LogP contribution in [0.2, 0.25) is 5.02 Å². The number of benzene rings is 9. The summed E-state index contributed by atoms with van der Waals surface area (Å²) in [6.07, 6.45) is 5.10. The Hall–Kier alpha value is -8.60. The van der Waals surface area contributed by atoms with E-state index in [1.54, 1.807) is 30.1 Å². The molecular formula is C75H81ClN6O6S3. The van der Waals surface area contributed by atoms with E-state index in [-0.39, 0.29) is 22.6 Å². The van der Waals surface area contributed by atoms with Crippen molar-refractivity contribution in [3.8, 4) is 0 Å². The van der Waals surface area contributed by atoms with Gasteiger partial charge in [-0.2, -0.15) is 4.21 Å². The number of anilines is 6. The number of rotatable bonds is 12. The molecule has 0 atom stereocenters. The fourth-order valence-electron chi connectivity index (χ4n) is 10.4. The molecule has 0 aliphatic carbocycles. The molecule has 12 nitrogen and oxygen atoms in total. The fraction of sp³-hybridized carbons (Fsp3) is 0.240. The quantitative estimate of drug-likeness (QED) is 0.101. The van der Waals surface area contributed by atoms with Gasteiger partial charge < -0.3 is 25.2 Å². The van der Waals surface area contributed by atoms with Gasteiger partial charge >= 0.3 is 0 Å². The van der Waals surface area contributed by atoms with E-state index in [4.69, 9.17) is 15.8 Å². The van der Waals surface area contributed by atoms with Gasteiger partial charge in [-0.15, -0.1) is 0 Å². The summed E-state index contributed by atoms with van der Waals surface area (Å²) >= 11 is 10.4. The average molecular weight is 1290 g/mol. The highest BCUT2D eigenvalue weighted by Gasteiger charge is 2.29. The lowest BCUT2D eigenvalue weighted by atomic mass is 10.0. The van der Waals surface area contributed by atoms with E-state index in [1.165, 1.54) is 57.2 Å². The number of sulfonamides is 1. The number of nitrogens with one attached hydrogen (secondary N) is 3. The summed E-state index contributed by atoms with van der Waals surface area (Å²) in [7, 11) is -1.65. The van der Waals surface area contributed by atoms with Crippen LogP contribution in [0.3, 0.4) is 0 Å². The Morgan fingerprint density at radius 1 is 0.571 bits per heavy atom. The van der Waals surface area contributed by atoms with Crippen LogP contribution in [-0.4, -0.2) is 57.0 Å². The molecule has 3 N–H and O–H groups in total. The minimum atomic E-state index is -3.69. The lowest BCUT2D eigenvalue weighted by Gasteiger charge is -2.30. The van der Waals surface area contributed by atoms with E-state index in [9.17, 15) is 22.8 Å². The standard InChI is InChI=1S/C25H26N2O3S.C22H20N2OS.C17H18ClNO.C9H11N.C2H6.OS/c1-18(2)19-9-13-22(14-10-19)26-25(28)21-11-15-23(16-12-21)31(29,30)27-17-5-7-20-6-3-4-8-24(20)27;1-23(19-8-3-2-4-9-19)26-20-13-11-18(12-14-20)22(25)24-16-15-17-7-5-6-10-21(17)24;1-11(2)13-5-7-14(8-6-13)17(20)19-16-10-15(18)9-4-12(16)3;1-2-6-9-8(4-1)5-3-7-10-9;2*1-2/h3-4,6,8-16,18H,5,7,17H2,1-2H3,(H,26,28);2-14H,15-16H2,1H3;4-11H,1-3H3,(H,19,20);1-2,4,6,10H,3,5,7H2;1-2H3;. The van der Waals surface area contributed by atoms with Gasteiger partial charge in [-0.25, -0.2) is 8.42 Å². The fourth-order valence-corrected chi connectivity index (χ4v) is 12.9. The Morgan fingerprint density at radius 3 is 1.70 bits per heavy atom. The summed E-state index contributed by atoms with van der Waals surface area (Å²) in [5.74, 6) is 0.562. The van der Waals surface area contributed by atoms with Gasteiger partial charge in [0, 0.05) is 81.7 Å². The molecule has 3 heterocycles. The number of hydrogen-bond acceptors (Lipinski definition) is 10. The Morgan fingerprint density at radius 2 is 1.09 bits per heavy atom. The second kappa shape index (κ2) is 34.6. The molecule has 0 bridgehead atoms. The van der Waals surface area contributed by atoms with Gasteiger partial charge in [-0.05, 0) is 211 Å². The number of aryl methyl sites for hydroxylation is 3. The Kier molecular flexibility index (Phi) is 26.5. The van der Waals surface area contributed by atoms with Gasteiger partial charge in [-0.3, -0.25) is 18.7 Å². The van der Waals surface area contributed by atoms with Crippen molar-refractivity contribution in [2.45, 2.75) is 102 Å². The summed E-state index contributed by atoms with van der Waals surface area (Å²) in [6, 6.07) is 69.4. The van der Waals surface area contributed by atoms with Gasteiger partial charge in [0.1, 0.15) is 0 Å². The Labute approximate surface area is 553 Å². The molecule has 3 amide bonds. The number of fused-ring (bicyclic) bond motifs is 3. The van der Waals surface area contributed by atoms with E-state index in [0.717, 1.165) is 76.7 Å². The molecule has 0 spiro atoms. The first kappa shape index (κ1) is 69.9. The van der Waals surface area contributed by atoms with E-state index in [0.29, 0.717) is 40.2 Å². The summed E-state index contributed by atoms with van der Waals surface area (Å²) in [6.45, 7) is 16.8. The predicted molar refractivity (Wildman–Crippen MR) is 381 cm³/mol. The maximum Gasteiger partial charge on any atom is 0.264 e. The van der Waals surface area contributed by atoms with Crippen molar-refractivity contribution < 1.29 is 27.0 Å². The summed E-state index contributed by atoms with van der Waals surface area (Å²) in [5, 5.41) is 9.73. The van der Waals surface area contributed by atoms with Gasteiger partial charge in [0.15, 0.2) is 12.5 Å². The molecule has 0 aromatic heterocycles. The normalized spacial score (nSPS) is 12.5. The third-order valence-corrected chi connectivity index (χ3v) is 18.5. The second-order valence-electron chi connectivity index (χ2n) is 22.2. The molecule has 12 rings (SSSR count). The molecule has 0 radical (unpaired) electrons. The molecule has 0 saturated carbocycles. The summed E-state index contributed by atoms with van der Waals surface area (Å²) in [5.41, 5.74) is 14.6. The van der Waals surface area contributed by atoms with Crippen molar-refractivity contribution in [1.29, 1.82) is 0 Å². The highest BCUT2D eigenvalue weighted by Crippen LogP contribution is 2.34. The summed E-state index contributed by atoms with van der Waals surface area (Å²) in [4.78, 5) is 40.8. The van der Waals surface area contributed by atoms with Gasteiger partial charge in [0.25, 0.3) is 27.7 Å². The van der Waals surface area contributed by atoms with E-state index < -0.39 is 10.0 Å². The van der Waals surface area contributed by atoms with Gasteiger partial charge in [0.05, 0.1) is 10.6 Å². The lowest BCUT2D eigenvalue weighted by molar-refractivity contribution is 0.0986. The van der Waals surface area contributed by atoms with Crippen molar-refractivity contribution in [3.63, 3.8) is 0 Å². The number of halogens is 1. The monoisotopic (exact) mass is 1290 g/mol. The van der Waals surface area contributed by atoms with Crippen LogP contribution in [-0.2, 0) is 41.8 Å². The molecule has 0 unspecified atom stereocenters. The van der Waals surface area contributed by atoms with Crippen molar-refractivity contribution in [2.24, 2.45) is 0 Å². The number of amides is 3. The zero-order valence-electron chi connectivity index (χ0n) is 53.0. The molecule has 472 valence electrons. The van der Waals surface area contributed by atoms with E-state index in [2.05, 4.69) is 103 Å². The molecule has 0 fully saturated rings. The van der Waals surface area contributed by atoms with Gasteiger partial charge in [-0.1, -0.05) is 156 Å². The zero-order valence-corrected chi connectivity index (χ0v) is 56.2. The van der Waals surface area contributed by atoms with Crippen LogP contribution in [0, 0.1) is 6.92 Å². The molecular weight excluding hydrogens is 1210 g/mol. The van der Waals surface area contributed by atoms with Crippen molar-refractivity contribution >= 4 is 98.0 Å². The first-order chi connectivity index (χ1) is 44.0. The van der Waals surface area contributed by atoms with Crippen LogP contribution in [0.4, 0.5) is 34.1 Å². The predicted octanol–water partition coefficient (Wildman–Crippen LogP) is 18.0. The number of nitrogens with zero attached hydrogens (tertiary/aromatic N) is 3. The minimum absolute atomic E-state index is 0.0721. The SMILES string of the molecule is CC.CC(C)c1ccc(NC(=O)c2ccc(S(=O)(=O)N3CCCc4ccccc43)cc2)cc1.CN(Sc1ccc(C(=O)N2CCc3ccccc32)cc1)c1ccccc1.Cc1ccc(Cl)cc1NC(=O)c1ccc(C(C)C)cc1.O=S.c1ccc2c(c1)CCCN2. The van der Waals surface area contributed by atoms with Crippen LogP contribution < -0.4 is 29.5 Å². The first-order valence-electron chi connectivity index (χ1n) is 30.8. The lowest BCUT2D eigenvalue weighted by Crippen LogP contribution is -2.35. The molecule has 9 aromatic carbocycles. The van der Waals surface area contributed by atoms with E-state index in [1.807, 2.05) is 178 Å². The third kappa shape index (κ3) is 19.2. The molecule has 0 saturated heterocycles. The number of carbonyl (C=O) groups is 3. The maximum atomic E-state index is 13.2. The van der Waals surface area contributed by atoms with Crippen LogP contribution >= 0.6 is 23.5 Å². The van der Waals surface area contributed by atoms with Crippen LogP contribution in [0.15, 0.2) is 228 Å².